The van der Waals surface area contributed by atoms with Crippen molar-refractivity contribution in [3.05, 3.63) is 75.7 Å². The number of benzene rings is 2. The summed E-state index contributed by atoms with van der Waals surface area (Å²) < 4.78 is 13.4. The number of carbonyl (C=O) groups is 1. The van der Waals surface area contributed by atoms with E-state index < -0.39 is 0 Å². The zero-order valence-electron chi connectivity index (χ0n) is 16.5. The van der Waals surface area contributed by atoms with E-state index >= 15 is 0 Å². The highest BCUT2D eigenvalue weighted by Gasteiger charge is 2.25. The Balaban J connectivity index is 1.47. The highest BCUT2D eigenvalue weighted by atomic mass is 35.5. The molecule has 1 aliphatic rings. The fourth-order valence-electron chi connectivity index (χ4n) is 3.73. The Morgan fingerprint density at radius 1 is 1.00 bits per heavy atom. The van der Waals surface area contributed by atoms with Crippen molar-refractivity contribution in [3.63, 3.8) is 0 Å². The van der Waals surface area contributed by atoms with Crippen molar-refractivity contribution in [2.45, 2.75) is 0 Å². The lowest BCUT2D eigenvalue weighted by Crippen LogP contribution is -2.49. The molecule has 0 unspecified atom stereocenters. The summed E-state index contributed by atoms with van der Waals surface area (Å²) >= 11 is 7.67. The van der Waals surface area contributed by atoms with Gasteiger partial charge in [-0.05, 0) is 53.9 Å². The van der Waals surface area contributed by atoms with Gasteiger partial charge in [-0.25, -0.2) is 14.4 Å². The molecule has 0 aliphatic carbocycles. The first-order valence-electron chi connectivity index (χ1n) is 9.89. The van der Waals surface area contributed by atoms with Crippen molar-refractivity contribution in [1.82, 2.24) is 14.9 Å². The summed E-state index contributed by atoms with van der Waals surface area (Å²) in [5, 5.41) is 3.40. The molecule has 0 spiro atoms. The summed E-state index contributed by atoms with van der Waals surface area (Å²) in [5.74, 6) is 1.08. The van der Waals surface area contributed by atoms with E-state index in [0.717, 1.165) is 27.2 Å². The van der Waals surface area contributed by atoms with E-state index in [1.54, 1.807) is 12.1 Å². The molecule has 1 aliphatic heterocycles. The van der Waals surface area contributed by atoms with Gasteiger partial charge in [-0.2, -0.15) is 0 Å². The Morgan fingerprint density at radius 3 is 2.48 bits per heavy atom. The Labute approximate surface area is 187 Å². The minimum Gasteiger partial charge on any atom is -0.352 e. The van der Waals surface area contributed by atoms with Crippen LogP contribution in [0, 0.1) is 5.82 Å². The molecule has 156 valence electrons. The number of rotatable bonds is 3. The molecule has 0 atom stereocenters. The van der Waals surface area contributed by atoms with E-state index in [4.69, 9.17) is 16.6 Å². The maximum Gasteiger partial charge on any atom is 0.264 e. The molecule has 0 bridgehead atoms. The molecule has 2 aromatic carbocycles. The van der Waals surface area contributed by atoms with Gasteiger partial charge in [-0.15, -0.1) is 11.3 Å². The lowest BCUT2D eigenvalue weighted by Gasteiger charge is -2.35. The number of hydrogen-bond donors (Lipinski definition) is 0. The lowest BCUT2D eigenvalue weighted by atomic mass is 10.1. The smallest absolute Gasteiger partial charge is 0.264 e. The molecule has 1 saturated heterocycles. The normalized spacial score (nSPS) is 14.3. The summed E-state index contributed by atoms with van der Waals surface area (Å²) in [4.78, 5) is 27.0. The van der Waals surface area contributed by atoms with Gasteiger partial charge >= 0.3 is 0 Å². The summed E-state index contributed by atoms with van der Waals surface area (Å²) in [6.45, 7) is 2.55. The molecule has 0 radical (unpaired) electrons. The van der Waals surface area contributed by atoms with Crippen molar-refractivity contribution in [1.29, 1.82) is 0 Å². The van der Waals surface area contributed by atoms with Gasteiger partial charge in [0.25, 0.3) is 5.91 Å². The number of halogens is 2. The van der Waals surface area contributed by atoms with Gasteiger partial charge in [0, 0.05) is 42.2 Å². The Bertz CT molecular complexity index is 1240. The fraction of sp³-hybridized carbons (Fsp3) is 0.174. The first-order valence-corrected chi connectivity index (χ1v) is 11.2. The van der Waals surface area contributed by atoms with E-state index in [0.29, 0.717) is 37.0 Å². The molecule has 3 heterocycles. The predicted molar refractivity (Wildman–Crippen MR) is 122 cm³/mol. The average Bonchev–Trinajstić information content (AvgIpc) is 3.33. The molecule has 5 rings (SSSR count). The van der Waals surface area contributed by atoms with Crippen molar-refractivity contribution < 1.29 is 9.18 Å². The van der Waals surface area contributed by atoms with Crippen LogP contribution in [0.5, 0.6) is 0 Å². The molecule has 5 nitrogen and oxygen atoms in total. The van der Waals surface area contributed by atoms with Crippen LogP contribution in [0.3, 0.4) is 0 Å². The van der Waals surface area contributed by atoms with Gasteiger partial charge in [0.15, 0.2) is 5.82 Å². The second kappa shape index (κ2) is 8.24. The van der Waals surface area contributed by atoms with Crippen LogP contribution in [-0.4, -0.2) is 47.0 Å². The van der Waals surface area contributed by atoms with Crippen LogP contribution in [0.2, 0.25) is 5.02 Å². The summed E-state index contributed by atoms with van der Waals surface area (Å²) in [5.41, 5.74) is 1.46. The van der Waals surface area contributed by atoms with Crippen molar-refractivity contribution in [2.24, 2.45) is 0 Å². The molecule has 0 N–H and O–H groups in total. The highest BCUT2D eigenvalue weighted by molar-refractivity contribution is 7.12. The first kappa shape index (κ1) is 19.9. The van der Waals surface area contributed by atoms with Crippen LogP contribution in [0.4, 0.5) is 10.2 Å². The predicted octanol–water partition coefficient (Wildman–Crippen LogP) is 5.11. The number of aromatic nitrogens is 2. The molecule has 31 heavy (non-hydrogen) atoms. The average molecular weight is 453 g/mol. The Morgan fingerprint density at radius 2 is 1.77 bits per heavy atom. The van der Waals surface area contributed by atoms with E-state index in [2.05, 4.69) is 9.88 Å². The Kier molecular flexibility index (Phi) is 5.29. The maximum atomic E-state index is 13.4. The van der Waals surface area contributed by atoms with Gasteiger partial charge in [0.05, 0.1) is 10.4 Å². The standard InChI is InChI=1S/C23H18ClFN4OS/c24-16-5-8-18-19(14-16)26-21(15-3-6-17(25)7-4-15)27-22(18)28-9-11-29(12-10-28)23(30)20-2-1-13-31-20/h1-8,13-14H,9-12H2. The van der Waals surface area contributed by atoms with E-state index in [1.807, 2.05) is 40.6 Å². The SMILES string of the molecule is O=C(c1cccs1)N1CCN(c2nc(-c3ccc(F)cc3)nc3cc(Cl)ccc23)CC1. The second-order valence-electron chi connectivity index (χ2n) is 7.30. The van der Waals surface area contributed by atoms with Crippen molar-refractivity contribution in [2.75, 3.05) is 31.1 Å². The zero-order valence-corrected chi connectivity index (χ0v) is 18.0. The molecule has 1 fully saturated rings. The molecule has 8 heteroatoms. The van der Waals surface area contributed by atoms with Gasteiger partial charge in [0.2, 0.25) is 0 Å². The molecule has 4 aromatic rings. The third kappa shape index (κ3) is 3.98. The summed E-state index contributed by atoms with van der Waals surface area (Å²) in [7, 11) is 0. The number of fused-ring (bicyclic) bond motifs is 1. The molecular weight excluding hydrogens is 435 g/mol. The van der Waals surface area contributed by atoms with Crippen LogP contribution in [0.25, 0.3) is 22.3 Å². The number of amides is 1. The van der Waals surface area contributed by atoms with E-state index in [1.165, 1.54) is 23.5 Å². The molecule has 0 saturated carbocycles. The second-order valence-corrected chi connectivity index (χ2v) is 8.68. The lowest BCUT2D eigenvalue weighted by molar-refractivity contribution is 0.0751. The molecule has 1 amide bonds. The highest BCUT2D eigenvalue weighted by Crippen LogP contribution is 2.30. The van der Waals surface area contributed by atoms with E-state index in [9.17, 15) is 9.18 Å². The molecule has 2 aromatic heterocycles. The van der Waals surface area contributed by atoms with Crippen molar-refractivity contribution >= 4 is 45.6 Å². The Hall–Kier alpha value is -3.03. The third-order valence-electron chi connectivity index (χ3n) is 5.34. The zero-order chi connectivity index (χ0) is 21.4. The third-order valence-corrected chi connectivity index (χ3v) is 6.43. The maximum absolute atomic E-state index is 13.4. The largest absolute Gasteiger partial charge is 0.352 e. The summed E-state index contributed by atoms with van der Waals surface area (Å²) in [6, 6.07) is 15.4. The van der Waals surface area contributed by atoms with Crippen LogP contribution >= 0.6 is 22.9 Å². The van der Waals surface area contributed by atoms with Crippen molar-refractivity contribution in [3.8, 4) is 11.4 Å². The monoisotopic (exact) mass is 452 g/mol. The van der Waals surface area contributed by atoms with Crippen LogP contribution in [-0.2, 0) is 0 Å². The number of carbonyl (C=O) groups excluding carboxylic acids is 1. The van der Waals surface area contributed by atoms with Gasteiger partial charge in [-0.3, -0.25) is 4.79 Å². The minimum absolute atomic E-state index is 0.0704. The van der Waals surface area contributed by atoms with Crippen LogP contribution in [0.15, 0.2) is 60.0 Å². The summed E-state index contributed by atoms with van der Waals surface area (Å²) in [6.07, 6.45) is 0. The molecular formula is C23H18ClFN4OS. The topological polar surface area (TPSA) is 49.3 Å². The number of hydrogen-bond acceptors (Lipinski definition) is 5. The quantitative estimate of drug-likeness (QED) is 0.433. The number of thiophene rings is 1. The first-order chi connectivity index (χ1) is 15.1. The van der Waals surface area contributed by atoms with Crippen LogP contribution < -0.4 is 4.90 Å². The van der Waals surface area contributed by atoms with Gasteiger partial charge < -0.3 is 9.80 Å². The van der Waals surface area contributed by atoms with Gasteiger partial charge in [-0.1, -0.05) is 17.7 Å². The van der Waals surface area contributed by atoms with E-state index in [-0.39, 0.29) is 11.7 Å². The number of anilines is 1. The fourth-order valence-corrected chi connectivity index (χ4v) is 4.59. The van der Waals surface area contributed by atoms with Crippen LogP contribution in [0.1, 0.15) is 9.67 Å². The number of nitrogens with zero attached hydrogens (tertiary/aromatic N) is 4. The number of piperazine rings is 1. The minimum atomic E-state index is -0.306. The van der Waals surface area contributed by atoms with Gasteiger partial charge in [0.1, 0.15) is 11.6 Å².